The van der Waals surface area contributed by atoms with Gasteiger partial charge in [-0.2, -0.15) is 0 Å². The Bertz CT molecular complexity index is 646. The van der Waals surface area contributed by atoms with Crippen molar-refractivity contribution in [1.82, 2.24) is 9.97 Å². The molecule has 4 N–H and O–H groups in total. The molecule has 1 amide bonds. The number of carbonyl (C=O) groups excluding carboxylic acids is 1. The van der Waals surface area contributed by atoms with E-state index in [4.69, 9.17) is 34.7 Å². The van der Waals surface area contributed by atoms with E-state index in [1.165, 1.54) is 6.20 Å². The number of aromatic nitrogens is 2. The van der Waals surface area contributed by atoms with Gasteiger partial charge in [-0.15, -0.1) is 0 Å². The Morgan fingerprint density at radius 3 is 2.58 bits per heavy atom. The normalized spacial score (nSPS) is 10.4. The number of rotatable bonds is 3. The first-order valence-corrected chi connectivity index (χ1v) is 6.08. The van der Waals surface area contributed by atoms with Crippen molar-refractivity contribution >= 4 is 34.9 Å². The number of benzene rings is 1. The summed E-state index contributed by atoms with van der Waals surface area (Å²) in [5, 5.41) is 0.941. The van der Waals surface area contributed by atoms with Crippen LogP contribution in [0, 0.1) is 0 Å². The molecule has 0 fully saturated rings. The zero-order valence-electron chi connectivity index (χ0n) is 9.73. The highest BCUT2D eigenvalue weighted by Gasteiger charge is 2.10. The molecule has 1 aromatic heterocycles. The van der Waals surface area contributed by atoms with Crippen molar-refractivity contribution in [3.05, 3.63) is 51.4 Å². The second kappa shape index (κ2) is 5.42. The third-order valence-corrected chi connectivity index (χ3v) is 3.22. The van der Waals surface area contributed by atoms with Gasteiger partial charge in [0.25, 0.3) is 5.91 Å². The molecule has 1 aromatic carbocycles. The predicted octanol–water partition coefficient (Wildman–Crippen LogP) is 2.06. The van der Waals surface area contributed by atoms with E-state index in [1.54, 1.807) is 12.1 Å². The van der Waals surface area contributed by atoms with E-state index in [9.17, 15) is 4.79 Å². The molecule has 98 valence electrons. The molecule has 0 bridgehead atoms. The first kappa shape index (κ1) is 13.6. The van der Waals surface area contributed by atoms with Gasteiger partial charge in [0, 0.05) is 12.6 Å². The standard InChI is InChI=1S/C12H10Cl2N4O/c13-8-2-1-6(3-9(8)14)4-10-17-5-7(12(16)19)11(15)18-10/h1-3,5H,4H2,(H2,16,19)(H2,15,17,18). The monoisotopic (exact) mass is 296 g/mol. The Morgan fingerprint density at radius 2 is 2.00 bits per heavy atom. The van der Waals surface area contributed by atoms with Crippen LogP contribution in [0.25, 0.3) is 0 Å². The number of hydrogen-bond acceptors (Lipinski definition) is 4. The summed E-state index contributed by atoms with van der Waals surface area (Å²) in [6, 6.07) is 5.24. The second-order valence-electron chi connectivity index (χ2n) is 3.87. The van der Waals surface area contributed by atoms with Gasteiger partial charge >= 0.3 is 0 Å². The molecular formula is C12H10Cl2N4O. The van der Waals surface area contributed by atoms with Crippen molar-refractivity contribution in [3.8, 4) is 0 Å². The van der Waals surface area contributed by atoms with Crippen LogP contribution in [0.4, 0.5) is 5.82 Å². The first-order chi connectivity index (χ1) is 8.97. The van der Waals surface area contributed by atoms with Gasteiger partial charge in [-0.3, -0.25) is 4.79 Å². The van der Waals surface area contributed by atoms with Crippen molar-refractivity contribution in [2.24, 2.45) is 5.73 Å². The fraction of sp³-hybridized carbons (Fsp3) is 0.0833. The van der Waals surface area contributed by atoms with Gasteiger partial charge in [-0.25, -0.2) is 9.97 Å². The van der Waals surface area contributed by atoms with E-state index in [1.807, 2.05) is 6.07 Å². The average Bonchev–Trinajstić information content (AvgIpc) is 2.33. The fourth-order valence-electron chi connectivity index (χ4n) is 1.54. The topological polar surface area (TPSA) is 94.9 Å². The summed E-state index contributed by atoms with van der Waals surface area (Å²) in [7, 11) is 0. The Hall–Kier alpha value is -1.85. The summed E-state index contributed by atoms with van der Waals surface area (Å²) in [4.78, 5) is 19.1. The minimum Gasteiger partial charge on any atom is -0.383 e. The summed E-state index contributed by atoms with van der Waals surface area (Å²) in [6.45, 7) is 0. The zero-order chi connectivity index (χ0) is 14.0. The van der Waals surface area contributed by atoms with Crippen LogP contribution in [0.5, 0.6) is 0 Å². The largest absolute Gasteiger partial charge is 0.383 e. The number of nitrogens with zero attached hydrogens (tertiary/aromatic N) is 2. The van der Waals surface area contributed by atoms with Crippen LogP contribution in [0.15, 0.2) is 24.4 Å². The molecule has 0 aliphatic heterocycles. The lowest BCUT2D eigenvalue weighted by Crippen LogP contribution is -2.16. The third kappa shape index (κ3) is 3.13. The lowest BCUT2D eigenvalue weighted by molar-refractivity contribution is 0.100. The van der Waals surface area contributed by atoms with E-state index < -0.39 is 5.91 Å². The van der Waals surface area contributed by atoms with Gasteiger partial charge in [0.15, 0.2) is 0 Å². The summed E-state index contributed by atoms with van der Waals surface area (Å²) in [5.74, 6) is -0.114. The lowest BCUT2D eigenvalue weighted by Gasteiger charge is -2.05. The number of halogens is 2. The number of hydrogen-bond donors (Lipinski definition) is 2. The van der Waals surface area contributed by atoms with Crippen molar-refractivity contribution < 1.29 is 4.79 Å². The Balaban J connectivity index is 2.26. The van der Waals surface area contributed by atoms with E-state index >= 15 is 0 Å². The highest BCUT2D eigenvalue weighted by atomic mass is 35.5. The molecule has 5 nitrogen and oxygen atoms in total. The molecule has 7 heteroatoms. The maximum atomic E-state index is 11.0. The molecule has 0 spiro atoms. The minimum absolute atomic E-state index is 0.0672. The van der Waals surface area contributed by atoms with Crippen molar-refractivity contribution in [1.29, 1.82) is 0 Å². The van der Waals surface area contributed by atoms with Gasteiger partial charge in [0.1, 0.15) is 11.6 Å². The molecule has 2 aromatic rings. The van der Waals surface area contributed by atoms with E-state index in [2.05, 4.69) is 9.97 Å². The first-order valence-electron chi connectivity index (χ1n) is 5.32. The molecule has 0 saturated heterocycles. The second-order valence-corrected chi connectivity index (χ2v) is 4.69. The van der Waals surface area contributed by atoms with Gasteiger partial charge < -0.3 is 11.5 Å². The molecule has 0 saturated carbocycles. The van der Waals surface area contributed by atoms with E-state index in [-0.39, 0.29) is 11.4 Å². The predicted molar refractivity (Wildman–Crippen MR) is 74.2 cm³/mol. The SMILES string of the molecule is NC(=O)c1cnc(Cc2ccc(Cl)c(Cl)c2)nc1N. The molecular weight excluding hydrogens is 287 g/mol. The molecule has 0 aliphatic carbocycles. The van der Waals surface area contributed by atoms with E-state index in [0.29, 0.717) is 22.3 Å². The quantitative estimate of drug-likeness (QED) is 0.906. The molecule has 0 unspecified atom stereocenters. The van der Waals surface area contributed by atoms with Crippen LogP contribution < -0.4 is 11.5 Å². The average molecular weight is 297 g/mol. The fourth-order valence-corrected chi connectivity index (χ4v) is 1.86. The number of primary amides is 1. The highest BCUT2D eigenvalue weighted by molar-refractivity contribution is 6.42. The summed E-state index contributed by atoms with van der Waals surface area (Å²) in [5.41, 5.74) is 11.8. The summed E-state index contributed by atoms with van der Waals surface area (Å²) in [6.07, 6.45) is 1.75. The van der Waals surface area contributed by atoms with Crippen LogP contribution in [0.1, 0.15) is 21.7 Å². The minimum atomic E-state index is -0.654. The number of amides is 1. The molecule has 0 atom stereocenters. The summed E-state index contributed by atoms with van der Waals surface area (Å²) >= 11 is 11.7. The van der Waals surface area contributed by atoms with E-state index in [0.717, 1.165) is 5.56 Å². The lowest BCUT2D eigenvalue weighted by atomic mass is 10.1. The number of nitrogens with two attached hydrogens (primary N) is 2. The van der Waals surface area contributed by atoms with Crippen LogP contribution >= 0.6 is 23.2 Å². The van der Waals surface area contributed by atoms with Crippen LogP contribution in [-0.2, 0) is 6.42 Å². The third-order valence-electron chi connectivity index (χ3n) is 2.48. The Morgan fingerprint density at radius 1 is 1.26 bits per heavy atom. The molecule has 1 heterocycles. The zero-order valence-corrected chi connectivity index (χ0v) is 11.2. The van der Waals surface area contributed by atoms with Gasteiger partial charge in [0.2, 0.25) is 0 Å². The van der Waals surface area contributed by atoms with Gasteiger partial charge in [-0.1, -0.05) is 29.3 Å². The van der Waals surface area contributed by atoms with Crippen LogP contribution in [0.2, 0.25) is 10.0 Å². The molecule has 0 radical (unpaired) electrons. The van der Waals surface area contributed by atoms with Crippen LogP contribution in [-0.4, -0.2) is 15.9 Å². The van der Waals surface area contributed by atoms with Crippen molar-refractivity contribution in [2.45, 2.75) is 6.42 Å². The molecule has 19 heavy (non-hydrogen) atoms. The maximum Gasteiger partial charge on any atom is 0.254 e. The van der Waals surface area contributed by atoms with Crippen molar-refractivity contribution in [2.75, 3.05) is 5.73 Å². The Labute approximate surface area is 119 Å². The van der Waals surface area contributed by atoms with Gasteiger partial charge in [0.05, 0.1) is 15.6 Å². The number of anilines is 1. The smallest absolute Gasteiger partial charge is 0.254 e. The Kier molecular flexibility index (Phi) is 3.87. The highest BCUT2D eigenvalue weighted by Crippen LogP contribution is 2.23. The molecule has 0 aliphatic rings. The number of nitrogen functional groups attached to an aromatic ring is 1. The van der Waals surface area contributed by atoms with Crippen molar-refractivity contribution in [3.63, 3.8) is 0 Å². The molecule has 2 rings (SSSR count). The van der Waals surface area contributed by atoms with Gasteiger partial charge in [-0.05, 0) is 17.7 Å². The number of carbonyl (C=O) groups is 1. The summed E-state index contributed by atoms with van der Waals surface area (Å²) < 4.78 is 0. The maximum absolute atomic E-state index is 11.0. The van der Waals surface area contributed by atoms with Crippen LogP contribution in [0.3, 0.4) is 0 Å².